The van der Waals surface area contributed by atoms with Crippen LogP contribution < -0.4 is 0 Å². The van der Waals surface area contributed by atoms with Gasteiger partial charge in [0.1, 0.15) is 0 Å². The normalized spacial score (nSPS) is 28.7. The summed E-state index contributed by atoms with van der Waals surface area (Å²) in [5.41, 5.74) is 0. The van der Waals surface area contributed by atoms with Crippen LogP contribution in [0.2, 0.25) is 0 Å². The summed E-state index contributed by atoms with van der Waals surface area (Å²) in [5, 5.41) is 8.79. The number of rotatable bonds is 2. The van der Waals surface area contributed by atoms with Gasteiger partial charge in [-0.25, -0.2) is 4.79 Å². The molecule has 7 heteroatoms. The molecule has 21 heavy (non-hydrogen) atoms. The number of amides is 2. The van der Waals surface area contributed by atoms with Crippen LogP contribution in [0.5, 0.6) is 0 Å². The lowest BCUT2D eigenvalue weighted by atomic mass is 10.1. The Morgan fingerprint density at radius 1 is 1.00 bits per heavy atom. The average Bonchev–Trinajstić information content (AvgIpc) is 2.43. The van der Waals surface area contributed by atoms with Crippen molar-refractivity contribution in [3.8, 4) is 0 Å². The molecule has 2 fully saturated rings. The first-order chi connectivity index (χ1) is 9.88. The monoisotopic (exact) mass is 298 g/mol. The largest absolute Gasteiger partial charge is 0.480 e. The van der Waals surface area contributed by atoms with Gasteiger partial charge in [0.15, 0.2) is 0 Å². The Morgan fingerprint density at radius 3 is 2.00 bits per heavy atom. The summed E-state index contributed by atoms with van der Waals surface area (Å²) in [7, 11) is 2.10. The number of aliphatic carboxylic acids is 1. The van der Waals surface area contributed by atoms with E-state index in [1.165, 1.54) is 0 Å². The van der Waals surface area contributed by atoms with Crippen LogP contribution in [0.15, 0.2) is 0 Å². The molecule has 0 saturated carbocycles. The average molecular weight is 298 g/mol. The fourth-order valence-corrected chi connectivity index (χ4v) is 3.05. The number of carbonyl (C=O) groups is 2. The molecule has 2 rings (SSSR count). The van der Waals surface area contributed by atoms with Crippen LogP contribution in [0.3, 0.4) is 0 Å². The third-order valence-electron chi connectivity index (χ3n) is 4.63. The molecule has 0 aromatic rings. The van der Waals surface area contributed by atoms with Gasteiger partial charge in [0.25, 0.3) is 0 Å². The molecule has 0 bridgehead atoms. The maximum atomic E-state index is 12.6. The van der Waals surface area contributed by atoms with E-state index in [9.17, 15) is 9.59 Å². The van der Waals surface area contributed by atoms with E-state index in [2.05, 4.69) is 25.8 Å². The molecule has 2 heterocycles. The quantitative estimate of drug-likeness (QED) is 0.767. The lowest BCUT2D eigenvalue weighted by Gasteiger charge is -2.45. The van der Waals surface area contributed by atoms with Gasteiger partial charge in [-0.05, 0) is 20.9 Å². The van der Waals surface area contributed by atoms with Crippen LogP contribution in [0, 0.1) is 0 Å². The minimum atomic E-state index is -0.809. The zero-order valence-corrected chi connectivity index (χ0v) is 13.2. The number of nitrogens with zero attached hydrogens (tertiary/aromatic N) is 4. The molecule has 0 spiro atoms. The van der Waals surface area contributed by atoms with Crippen LogP contribution in [-0.4, -0.2) is 102 Å². The number of carboxylic acids is 1. The summed E-state index contributed by atoms with van der Waals surface area (Å²) < 4.78 is 0. The van der Waals surface area contributed by atoms with E-state index < -0.39 is 5.97 Å². The molecule has 0 aromatic heterocycles. The summed E-state index contributed by atoms with van der Waals surface area (Å²) in [6.45, 7) is 8.35. The highest BCUT2D eigenvalue weighted by Gasteiger charge is 2.32. The van der Waals surface area contributed by atoms with Gasteiger partial charge < -0.3 is 14.9 Å². The second kappa shape index (κ2) is 6.62. The second-order valence-electron chi connectivity index (χ2n) is 6.21. The lowest BCUT2D eigenvalue weighted by molar-refractivity contribution is -0.138. The summed E-state index contributed by atoms with van der Waals surface area (Å²) in [6.07, 6.45) is 0. The predicted octanol–water partition coefficient (Wildman–Crippen LogP) is -0.167. The summed E-state index contributed by atoms with van der Waals surface area (Å²) in [4.78, 5) is 31.2. The van der Waals surface area contributed by atoms with E-state index in [4.69, 9.17) is 5.11 Å². The Kier molecular flexibility index (Phi) is 5.05. The minimum Gasteiger partial charge on any atom is -0.480 e. The van der Waals surface area contributed by atoms with Gasteiger partial charge in [-0.3, -0.25) is 14.6 Å². The Labute approximate surface area is 126 Å². The molecule has 7 nitrogen and oxygen atoms in total. The van der Waals surface area contributed by atoms with Crippen molar-refractivity contribution in [1.82, 2.24) is 19.6 Å². The SMILES string of the molecule is CC1CN(C(=O)N2CCN(CC(=O)O)CC2)CC(C)N1C. The molecule has 2 aliphatic heterocycles. The number of hydrogen-bond donors (Lipinski definition) is 1. The van der Waals surface area contributed by atoms with Crippen LogP contribution in [-0.2, 0) is 4.79 Å². The van der Waals surface area contributed by atoms with Crippen LogP contribution >= 0.6 is 0 Å². The van der Waals surface area contributed by atoms with Gasteiger partial charge in [-0.2, -0.15) is 0 Å². The van der Waals surface area contributed by atoms with E-state index in [1.807, 2.05) is 14.7 Å². The maximum absolute atomic E-state index is 12.6. The molecule has 0 aromatic carbocycles. The maximum Gasteiger partial charge on any atom is 0.320 e. The Balaban J connectivity index is 1.86. The van der Waals surface area contributed by atoms with E-state index in [1.54, 1.807) is 0 Å². The standard InChI is InChI=1S/C14H26N4O3/c1-11-8-18(9-12(2)15(11)3)14(21)17-6-4-16(5-7-17)10-13(19)20/h11-12H,4-10H2,1-3H3,(H,19,20). The Morgan fingerprint density at radius 2 is 1.52 bits per heavy atom. The molecule has 2 unspecified atom stereocenters. The molecule has 2 aliphatic rings. The van der Waals surface area contributed by atoms with Crippen molar-refractivity contribution in [2.75, 3.05) is 52.9 Å². The third kappa shape index (κ3) is 3.85. The van der Waals surface area contributed by atoms with Crippen LogP contribution in [0.4, 0.5) is 4.79 Å². The van der Waals surface area contributed by atoms with Crippen molar-refractivity contribution < 1.29 is 14.7 Å². The first-order valence-electron chi connectivity index (χ1n) is 7.58. The van der Waals surface area contributed by atoms with Crippen molar-refractivity contribution in [2.24, 2.45) is 0 Å². The Bertz CT molecular complexity index is 384. The topological polar surface area (TPSA) is 67.3 Å². The van der Waals surface area contributed by atoms with Gasteiger partial charge in [0.2, 0.25) is 0 Å². The highest BCUT2D eigenvalue weighted by molar-refractivity contribution is 5.75. The smallest absolute Gasteiger partial charge is 0.320 e. The van der Waals surface area contributed by atoms with Crippen molar-refractivity contribution in [1.29, 1.82) is 0 Å². The van der Waals surface area contributed by atoms with Gasteiger partial charge in [0.05, 0.1) is 6.54 Å². The zero-order chi connectivity index (χ0) is 15.6. The lowest BCUT2D eigenvalue weighted by Crippen LogP contribution is -2.61. The predicted molar refractivity (Wildman–Crippen MR) is 79.3 cm³/mol. The number of hydrogen-bond acceptors (Lipinski definition) is 4. The number of carbonyl (C=O) groups excluding carboxylic acids is 1. The highest BCUT2D eigenvalue weighted by atomic mass is 16.4. The number of carboxylic acid groups (broad SMARTS) is 1. The molecule has 2 saturated heterocycles. The number of likely N-dealkylation sites (N-methyl/N-ethyl adjacent to an activating group) is 1. The molecule has 0 radical (unpaired) electrons. The molecule has 2 amide bonds. The fraction of sp³-hybridized carbons (Fsp3) is 0.857. The van der Waals surface area contributed by atoms with E-state index in [0.717, 1.165) is 13.1 Å². The molecular weight excluding hydrogens is 272 g/mol. The van der Waals surface area contributed by atoms with Gasteiger partial charge >= 0.3 is 12.0 Å². The molecule has 120 valence electrons. The zero-order valence-electron chi connectivity index (χ0n) is 13.2. The van der Waals surface area contributed by atoms with Crippen LogP contribution in [0.1, 0.15) is 13.8 Å². The molecule has 1 N–H and O–H groups in total. The highest BCUT2D eigenvalue weighted by Crippen LogP contribution is 2.16. The van der Waals surface area contributed by atoms with Crippen molar-refractivity contribution in [3.05, 3.63) is 0 Å². The second-order valence-corrected chi connectivity index (χ2v) is 6.21. The van der Waals surface area contributed by atoms with Crippen molar-refractivity contribution in [2.45, 2.75) is 25.9 Å². The van der Waals surface area contributed by atoms with Gasteiger partial charge in [-0.15, -0.1) is 0 Å². The summed E-state index contributed by atoms with van der Waals surface area (Å²) >= 11 is 0. The fourth-order valence-electron chi connectivity index (χ4n) is 3.05. The summed E-state index contributed by atoms with van der Waals surface area (Å²) in [6, 6.07) is 0.828. The summed E-state index contributed by atoms with van der Waals surface area (Å²) in [5.74, 6) is -0.809. The van der Waals surface area contributed by atoms with E-state index >= 15 is 0 Å². The molecule has 0 aliphatic carbocycles. The third-order valence-corrected chi connectivity index (χ3v) is 4.63. The molecule has 2 atom stereocenters. The van der Waals surface area contributed by atoms with E-state index in [0.29, 0.717) is 38.3 Å². The van der Waals surface area contributed by atoms with Crippen LogP contribution in [0.25, 0.3) is 0 Å². The van der Waals surface area contributed by atoms with Crippen molar-refractivity contribution >= 4 is 12.0 Å². The number of urea groups is 1. The van der Waals surface area contributed by atoms with E-state index in [-0.39, 0.29) is 12.6 Å². The Hall–Kier alpha value is -1.34. The van der Waals surface area contributed by atoms with Gasteiger partial charge in [-0.1, -0.05) is 0 Å². The minimum absolute atomic E-state index is 0.0601. The number of piperazine rings is 2. The van der Waals surface area contributed by atoms with Gasteiger partial charge in [0, 0.05) is 51.4 Å². The first kappa shape index (κ1) is 16.0. The van der Waals surface area contributed by atoms with Crippen molar-refractivity contribution in [3.63, 3.8) is 0 Å². The molecular formula is C14H26N4O3. The first-order valence-corrected chi connectivity index (χ1v) is 7.58.